The number of carboxylic acids is 1. The third kappa shape index (κ3) is 5.14. The fourth-order valence-electron chi connectivity index (χ4n) is 12.4. The number of nitrogens with zero attached hydrogens (tertiary/aromatic N) is 1. The van der Waals surface area contributed by atoms with Crippen LogP contribution in [0.25, 0.3) is 0 Å². The Hall–Kier alpha value is -1.97. The smallest absolute Gasteiger partial charge is 0.320 e. The normalized spacial score (nSPS) is 46.8. The van der Waals surface area contributed by atoms with Gasteiger partial charge in [0.15, 0.2) is 0 Å². The molecule has 4 aliphatic carbocycles. The molecule has 9 heteroatoms. The van der Waals surface area contributed by atoms with Crippen LogP contribution >= 0.6 is 0 Å². The Labute approximate surface area is 281 Å². The Morgan fingerprint density at radius 2 is 1.74 bits per heavy atom. The number of carbonyl (C=O) groups excluding carboxylic acids is 2. The third-order valence-electron chi connectivity index (χ3n) is 15.2. The summed E-state index contributed by atoms with van der Waals surface area (Å²) in [5, 5.41) is 20.9. The van der Waals surface area contributed by atoms with E-state index < -0.39 is 47.0 Å². The molecule has 12 atom stereocenters. The Morgan fingerprint density at radius 1 is 1.02 bits per heavy atom. The first-order chi connectivity index (χ1) is 21.9. The number of β-amino-alcohol motifs (C(OH)–C–C–N with tert-alkyl or cyclic N) is 1. The van der Waals surface area contributed by atoms with Gasteiger partial charge >= 0.3 is 17.9 Å². The van der Waals surface area contributed by atoms with Gasteiger partial charge < -0.3 is 24.4 Å². The van der Waals surface area contributed by atoms with E-state index in [0.717, 1.165) is 25.7 Å². The molecular formula is C38H59NO8. The quantitative estimate of drug-likeness (QED) is 0.271. The molecule has 2 N–H and O–H groups in total. The van der Waals surface area contributed by atoms with E-state index in [0.29, 0.717) is 51.5 Å². The summed E-state index contributed by atoms with van der Waals surface area (Å²) in [5.41, 5.74) is -0.533. The number of esters is 2. The molecule has 5 fully saturated rings. The van der Waals surface area contributed by atoms with Crippen LogP contribution in [0.1, 0.15) is 100 Å². The predicted octanol–water partition coefficient (Wildman–Crippen LogP) is 5.49. The van der Waals surface area contributed by atoms with E-state index in [1.54, 1.807) is 0 Å². The molecule has 264 valence electrons. The molecule has 2 aliphatic heterocycles. The number of carbonyl (C=O) groups is 3. The largest absolute Gasteiger partial charge is 0.481 e. The molecule has 47 heavy (non-hydrogen) atoms. The molecule has 1 unspecified atom stereocenters. The van der Waals surface area contributed by atoms with E-state index in [-0.39, 0.29) is 46.5 Å². The molecule has 0 aromatic rings. The number of ether oxygens (including phenoxy) is 3. The summed E-state index contributed by atoms with van der Waals surface area (Å²) in [5.74, 6) is -0.870. The first kappa shape index (κ1) is 34.9. The van der Waals surface area contributed by atoms with E-state index in [9.17, 15) is 24.6 Å². The van der Waals surface area contributed by atoms with Crippen molar-refractivity contribution in [3.8, 4) is 0 Å². The molecule has 0 amide bonds. The van der Waals surface area contributed by atoms with Gasteiger partial charge in [0.25, 0.3) is 0 Å². The molecule has 2 heterocycles. The zero-order chi connectivity index (χ0) is 34.3. The van der Waals surface area contributed by atoms with E-state index in [1.807, 2.05) is 4.90 Å². The van der Waals surface area contributed by atoms with Crippen molar-refractivity contribution in [3.05, 3.63) is 11.6 Å². The number of allylic oxidation sites excluding steroid dienone is 1. The Morgan fingerprint density at radius 3 is 2.36 bits per heavy atom. The molecule has 6 rings (SSSR count). The maximum atomic E-state index is 13.4. The number of aliphatic hydroxyl groups is 1. The van der Waals surface area contributed by atoms with Crippen LogP contribution in [0.5, 0.6) is 0 Å². The second-order valence-electron chi connectivity index (χ2n) is 17.8. The Kier molecular flexibility index (Phi) is 8.78. The zero-order valence-corrected chi connectivity index (χ0v) is 30.0. The Balaban J connectivity index is 1.37. The number of aliphatic hydroxyl groups excluding tert-OH is 1. The topological polar surface area (TPSA) is 123 Å². The number of hydrogen-bond donors (Lipinski definition) is 2. The molecule has 0 aromatic carbocycles. The van der Waals surface area contributed by atoms with Crippen molar-refractivity contribution >= 4 is 17.9 Å². The van der Waals surface area contributed by atoms with Crippen molar-refractivity contribution < 1.29 is 38.8 Å². The molecule has 3 saturated carbocycles. The second-order valence-corrected chi connectivity index (χ2v) is 17.8. The molecule has 2 saturated heterocycles. The van der Waals surface area contributed by atoms with Crippen LogP contribution in [0, 0.1) is 56.7 Å². The van der Waals surface area contributed by atoms with E-state index in [2.05, 4.69) is 54.5 Å². The summed E-state index contributed by atoms with van der Waals surface area (Å²) in [4.78, 5) is 41.2. The Bertz CT molecular complexity index is 1310. The van der Waals surface area contributed by atoms with Gasteiger partial charge in [-0.15, -0.1) is 0 Å². The summed E-state index contributed by atoms with van der Waals surface area (Å²) in [6.07, 6.45) is 6.27. The van der Waals surface area contributed by atoms with Gasteiger partial charge in [0.2, 0.25) is 0 Å². The average Bonchev–Trinajstić information content (AvgIpc) is 3.38. The maximum absolute atomic E-state index is 13.4. The molecule has 2 bridgehead atoms. The highest BCUT2D eigenvalue weighted by atomic mass is 16.6. The van der Waals surface area contributed by atoms with Gasteiger partial charge in [0.1, 0.15) is 12.2 Å². The number of hydrogen-bond acceptors (Lipinski definition) is 8. The lowest BCUT2D eigenvalue weighted by molar-refractivity contribution is -0.263. The first-order valence-corrected chi connectivity index (χ1v) is 18.2. The summed E-state index contributed by atoms with van der Waals surface area (Å²) < 4.78 is 18.9. The minimum absolute atomic E-state index is 0.0936. The third-order valence-corrected chi connectivity index (χ3v) is 15.2. The predicted molar refractivity (Wildman–Crippen MR) is 176 cm³/mol. The molecular weight excluding hydrogens is 598 g/mol. The highest BCUT2D eigenvalue weighted by Gasteiger charge is 2.72. The first-order valence-electron chi connectivity index (χ1n) is 18.2. The molecule has 0 radical (unpaired) electrons. The van der Waals surface area contributed by atoms with Crippen LogP contribution in [0.15, 0.2) is 11.6 Å². The zero-order valence-electron chi connectivity index (χ0n) is 30.0. The van der Waals surface area contributed by atoms with Gasteiger partial charge in [0, 0.05) is 30.8 Å². The minimum atomic E-state index is -0.675. The van der Waals surface area contributed by atoms with Crippen LogP contribution in [-0.2, 0) is 28.6 Å². The van der Waals surface area contributed by atoms with Gasteiger partial charge in [0.05, 0.1) is 31.8 Å². The summed E-state index contributed by atoms with van der Waals surface area (Å²) in [6, 6.07) is 0. The van der Waals surface area contributed by atoms with E-state index in [1.165, 1.54) is 12.5 Å². The fraction of sp³-hybridized carbons (Fsp3) is 0.868. The number of aliphatic carboxylic acids is 1. The average molecular weight is 658 g/mol. The number of fused-ring (bicyclic) bond motifs is 3. The van der Waals surface area contributed by atoms with Gasteiger partial charge in [-0.25, -0.2) is 0 Å². The lowest BCUT2D eigenvalue weighted by atomic mass is 9.34. The van der Waals surface area contributed by atoms with Gasteiger partial charge in [-0.2, -0.15) is 0 Å². The summed E-state index contributed by atoms with van der Waals surface area (Å²) >= 11 is 0. The van der Waals surface area contributed by atoms with Gasteiger partial charge in [-0.1, -0.05) is 60.1 Å². The van der Waals surface area contributed by atoms with Crippen LogP contribution in [0.4, 0.5) is 0 Å². The van der Waals surface area contributed by atoms with Gasteiger partial charge in [-0.3, -0.25) is 19.3 Å². The summed E-state index contributed by atoms with van der Waals surface area (Å²) in [6.45, 7) is 19.2. The van der Waals surface area contributed by atoms with Crippen LogP contribution in [0.2, 0.25) is 0 Å². The van der Waals surface area contributed by atoms with E-state index >= 15 is 0 Å². The van der Waals surface area contributed by atoms with Gasteiger partial charge in [-0.05, 0) is 84.9 Å². The molecule has 6 aliphatic rings. The lowest BCUT2D eigenvalue weighted by Crippen LogP contribution is -2.70. The SMILES string of the molecule is CC(=O)O[C@@H]1C[C@]23COC[C@](C)([C@@H]2CC[C@H]2C3=CC[C@@]3(C)[C@H](C(=O)O)[C@@](C)([C@H](C)C(C)C)CC[C@]23C)[C@H]1OC(=O)CN1CCC(O)C1. The minimum Gasteiger partial charge on any atom is -0.481 e. The monoisotopic (exact) mass is 657 g/mol. The van der Waals surface area contributed by atoms with E-state index in [4.69, 9.17) is 14.2 Å². The standard InChI is InChI=1S/C38H59NO8/c1-22(2)23(3)34(5)14-15-36(7)26-9-10-29-35(6)20-45-21-38(29,27(26)11-13-37(36,8)31(34)33(43)44)17-28(46-24(4)40)32(35)47-30(42)19-39-16-12-25(41)18-39/h11,22-23,25-26,28-29,31-32,41H,9-10,12-21H2,1-8H3,(H,43,44)/t23-,25?,26+,28-,29+,31-,32+,34-,35-,36-,37+,38-/m1/s1. The van der Waals surface area contributed by atoms with Crippen molar-refractivity contribution in [2.45, 2.75) is 119 Å². The number of rotatable bonds is 7. The van der Waals surface area contributed by atoms with Crippen molar-refractivity contribution in [2.75, 3.05) is 32.8 Å². The van der Waals surface area contributed by atoms with Crippen LogP contribution in [-0.4, -0.2) is 84.2 Å². The number of likely N-dealkylation sites (tertiary alicyclic amines) is 1. The highest BCUT2D eigenvalue weighted by molar-refractivity contribution is 5.73. The van der Waals surface area contributed by atoms with Crippen molar-refractivity contribution in [1.29, 1.82) is 0 Å². The fourth-order valence-corrected chi connectivity index (χ4v) is 12.4. The van der Waals surface area contributed by atoms with Crippen molar-refractivity contribution in [1.82, 2.24) is 4.90 Å². The highest BCUT2D eigenvalue weighted by Crippen LogP contribution is 2.75. The molecule has 0 aromatic heterocycles. The van der Waals surface area contributed by atoms with Crippen LogP contribution < -0.4 is 0 Å². The van der Waals surface area contributed by atoms with Crippen LogP contribution in [0.3, 0.4) is 0 Å². The lowest BCUT2D eigenvalue weighted by Gasteiger charge is -2.71. The summed E-state index contributed by atoms with van der Waals surface area (Å²) in [7, 11) is 0. The molecule has 9 nitrogen and oxygen atoms in total. The maximum Gasteiger partial charge on any atom is 0.320 e. The van der Waals surface area contributed by atoms with Crippen molar-refractivity contribution in [2.24, 2.45) is 56.7 Å². The number of carboxylic acid groups (broad SMARTS) is 1. The second kappa shape index (κ2) is 11.8. The van der Waals surface area contributed by atoms with Crippen molar-refractivity contribution in [3.63, 3.8) is 0 Å². The molecule has 0 spiro atoms.